The van der Waals surface area contributed by atoms with Crippen LogP contribution in [0.15, 0.2) is 72.9 Å². The largest absolute Gasteiger partial charge is 0.357 e. The fraction of sp³-hybridized carbons (Fsp3) is 0.148. The number of carbonyl (C=O) groups excluding carboxylic acids is 3. The summed E-state index contributed by atoms with van der Waals surface area (Å²) < 4.78 is 13.6. The van der Waals surface area contributed by atoms with Crippen molar-refractivity contribution in [3.63, 3.8) is 0 Å². The summed E-state index contributed by atoms with van der Waals surface area (Å²) in [6, 6.07) is 14.3. The molecule has 0 aromatic heterocycles. The highest BCUT2D eigenvalue weighted by atomic mass is 35.5. The number of amides is 3. The van der Waals surface area contributed by atoms with E-state index in [1.165, 1.54) is 24.3 Å². The van der Waals surface area contributed by atoms with E-state index in [0.29, 0.717) is 0 Å². The summed E-state index contributed by atoms with van der Waals surface area (Å²) in [7, 11) is 0. The molecule has 3 aliphatic rings. The van der Waals surface area contributed by atoms with Gasteiger partial charge in [-0.2, -0.15) is 0 Å². The number of nitro groups is 1. The molecule has 0 radical (unpaired) electrons. The molecule has 0 bridgehead atoms. The number of nitrogens with zero attached hydrogens (tertiary/aromatic N) is 3. The van der Waals surface area contributed by atoms with Crippen LogP contribution in [0.1, 0.15) is 17.2 Å². The van der Waals surface area contributed by atoms with E-state index in [-0.39, 0.29) is 22.1 Å². The Balaban J connectivity index is 1.43. The third kappa shape index (κ3) is 3.56. The molecule has 9 nitrogen and oxygen atoms in total. The van der Waals surface area contributed by atoms with E-state index in [0.717, 1.165) is 34.2 Å². The number of rotatable bonds is 4. The zero-order valence-electron chi connectivity index (χ0n) is 19.5. The smallest absolute Gasteiger partial charge is 0.271 e. The highest BCUT2D eigenvalue weighted by molar-refractivity contribution is 6.34. The van der Waals surface area contributed by atoms with Gasteiger partial charge in [-0.05, 0) is 47.5 Å². The maximum atomic E-state index is 13.8. The van der Waals surface area contributed by atoms with Gasteiger partial charge in [0.25, 0.3) is 5.69 Å². The van der Waals surface area contributed by atoms with Crippen LogP contribution in [-0.4, -0.2) is 33.6 Å². The predicted octanol–water partition coefficient (Wildman–Crippen LogP) is 4.54. The molecule has 3 aliphatic heterocycles. The Hall–Kier alpha value is -4.57. The number of nitrogens with one attached hydrogen (secondary N) is 1. The molecule has 0 saturated carbocycles. The molecule has 38 heavy (non-hydrogen) atoms. The topological polar surface area (TPSA) is 113 Å². The van der Waals surface area contributed by atoms with Crippen LogP contribution >= 0.6 is 11.6 Å². The van der Waals surface area contributed by atoms with Gasteiger partial charge in [0, 0.05) is 18.3 Å². The van der Waals surface area contributed by atoms with Crippen molar-refractivity contribution in [2.45, 2.75) is 12.1 Å². The van der Waals surface area contributed by atoms with Crippen LogP contribution in [0.5, 0.6) is 0 Å². The first-order valence-corrected chi connectivity index (χ1v) is 12.1. The first-order chi connectivity index (χ1) is 18.3. The van der Waals surface area contributed by atoms with Gasteiger partial charge in [-0.25, -0.2) is 9.29 Å². The molecule has 190 valence electrons. The van der Waals surface area contributed by atoms with Crippen LogP contribution in [0.2, 0.25) is 5.02 Å². The van der Waals surface area contributed by atoms with Crippen molar-refractivity contribution < 1.29 is 23.7 Å². The normalized spacial score (nSPS) is 23.2. The van der Waals surface area contributed by atoms with Crippen molar-refractivity contribution in [1.82, 2.24) is 4.90 Å². The van der Waals surface area contributed by atoms with Crippen molar-refractivity contribution in [3.05, 3.63) is 105 Å². The van der Waals surface area contributed by atoms with Crippen molar-refractivity contribution >= 4 is 52.5 Å². The van der Waals surface area contributed by atoms with Gasteiger partial charge in [-0.1, -0.05) is 35.9 Å². The second kappa shape index (κ2) is 8.77. The fourth-order valence-electron chi connectivity index (χ4n) is 5.63. The molecule has 0 aliphatic carbocycles. The van der Waals surface area contributed by atoms with Gasteiger partial charge in [0.2, 0.25) is 17.7 Å². The highest BCUT2D eigenvalue weighted by Gasteiger charge is 2.64. The molecule has 4 atom stereocenters. The predicted molar refractivity (Wildman–Crippen MR) is 136 cm³/mol. The van der Waals surface area contributed by atoms with Crippen LogP contribution in [0.25, 0.3) is 6.08 Å². The minimum absolute atomic E-state index is 0.0134. The SMILES string of the molecule is O=C(Nc1cc([N+](=O)[O-])ccc1Cl)[C@H]1[C@H]2C(=O)N(c3ccc(F)cc3)C(=O)[C@@H]2[C@H]2c3ccccc3C=CN21. The summed E-state index contributed by atoms with van der Waals surface area (Å²) in [5, 5.41) is 14.0. The number of carbonyl (C=O) groups is 3. The number of nitro benzene ring substituents is 1. The minimum Gasteiger partial charge on any atom is -0.357 e. The minimum atomic E-state index is -1.12. The van der Waals surface area contributed by atoms with Gasteiger partial charge >= 0.3 is 0 Å². The van der Waals surface area contributed by atoms with Crippen LogP contribution < -0.4 is 10.2 Å². The van der Waals surface area contributed by atoms with Gasteiger partial charge < -0.3 is 10.2 Å². The van der Waals surface area contributed by atoms with Crippen molar-refractivity contribution in [2.75, 3.05) is 10.2 Å². The first kappa shape index (κ1) is 23.8. The van der Waals surface area contributed by atoms with Crippen LogP contribution in [0.4, 0.5) is 21.5 Å². The summed E-state index contributed by atoms with van der Waals surface area (Å²) in [6.07, 6.45) is 3.49. The van der Waals surface area contributed by atoms with Gasteiger partial charge in [0.1, 0.15) is 11.9 Å². The molecule has 0 spiro atoms. The zero-order valence-corrected chi connectivity index (χ0v) is 20.2. The molecule has 3 aromatic rings. The monoisotopic (exact) mass is 532 g/mol. The van der Waals surface area contributed by atoms with Crippen molar-refractivity contribution in [3.8, 4) is 0 Å². The number of non-ortho nitro benzene ring substituents is 1. The van der Waals surface area contributed by atoms with E-state index in [1.54, 1.807) is 17.2 Å². The third-order valence-electron chi connectivity index (χ3n) is 7.23. The first-order valence-electron chi connectivity index (χ1n) is 11.7. The van der Waals surface area contributed by atoms with Crippen LogP contribution in [0.3, 0.4) is 0 Å². The Kier molecular flexibility index (Phi) is 5.50. The van der Waals surface area contributed by atoms with Crippen LogP contribution in [-0.2, 0) is 14.4 Å². The van der Waals surface area contributed by atoms with Gasteiger partial charge in [0.15, 0.2) is 0 Å². The maximum Gasteiger partial charge on any atom is 0.271 e. The fourth-order valence-corrected chi connectivity index (χ4v) is 5.80. The molecular formula is C27H18ClFN4O5. The number of imide groups is 1. The van der Waals surface area contributed by atoms with E-state index in [9.17, 15) is 28.9 Å². The van der Waals surface area contributed by atoms with Gasteiger partial charge in [-0.3, -0.25) is 24.5 Å². The van der Waals surface area contributed by atoms with E-state index in [4.69, 9.17) is 11.6 Å². The van der Waals surface area contributed by atoms with Crippen molar-refractivity contribution in [2.24, 2.45) is 11.8 Å². The number of hydrogen-bond donors (Lipinski definition) is 1. The number of anilines is 2. The number of halogens is 2. The average Bonchev–Trinajstić information content (AvgIpc) is 3.38. The lowest BCUT2D eigenvalue weighted by molar-refractivity contribution is -0.384. The number of fused-ring (bicyclic) bond motifs is 5. The van der Waals surface area contributed by atoms with E-state index in [1.807, 2.05) is 24.3 Å². The van der Waals surface area contributed by atoms with Crippen LogP contribution in [0, 0.1) is 27.8 Å². The summed E-state index contributed by atoms with van der Waals surface area (Å²) in [5.74, 6) is -4.19. The Morgan fingerprint density at radius 3 is 2.45 bits per heavy atom. The van der Waals surface area contributed by atoms with E-state index in [2.05, 4.69) is 5.32 Å². The third-order valence-corrected chi connectivity index (χ3v) is 7.56. The molecule has 3 aromatic carbocycles. The molecule has 2 saturated heterocycles. The molecule has 6 rings (SSSR count). The molecule has 1 N–H and O–H groups in total. The second-order valence-corrected chi connectivity index (χ2v) is 9.64. The molecule has 11 heteroatoms. The number of benzene rings is 3. The lowest BCUT2D eigenvalue weighted by atomic mass is 9.84. The summed E-state index contributed by atoms with van der Waals surface area (Å²) in [6.45, 7) is 0. The maximum absolute atomic E-state index is 13.8. The molecular weight excluding hydrogens is 515 g/mol. The number of hydrogen-bond acceptors (Lipinski definition) is 6. The Morgan fingerprint density at radius 1 is 1.00 bits per heavy atom. The summed E-state index contributed by atoms with van der Waals surface area (Å²) in [5.41, 5.74) is 1.60. The summed E-state index contributed by atoms with van der Waals surface area (Å²) >= 11 is 6.21. The Morgan fingerprint density at radius 2 is 1.71 bits per heavy atom. The Labute approximate surface area is 220 Å². The quantitative estimate of drug-likeness (QED) is 0.300. The summed E-state index contributed by atoms with van der Waals surface area (Å²) in [4.78, 5) is 54.7. The standard InChI is InChI=1S/C27H18ClFN4O5/c28-19-10-9-17(33(37)38)13-20(19)30-25(34)24-22-21(23-18-4-2-1-3-14(18)11-12-31(23)24)26(35)32(27(22)36)16-7-5-15(29)6-8-16/h1-13,21-24H,(H,30,34)/t21-,22-,23+,24+/m0/s1. The van der Waals surface area contributed by atoms with Gasteiger partial charge in [0.05, 0.1) is 39.2 Å². The average molecular weight is 533 g/mol. The van der Waals surface area contributed by atoms with Crippen molar-refractivity contribution in [1.29, 1.82) is 0 Å². The Bertz CT molecular complexity index is 1560. The molecule has 2 fully saturated rings. The lowest BCUT2D eigenvalue weighted by Gasteiger charge is -2.35. The van der Waals surface area contributed by atoms with E-state index >= 15 is 0 Å². The second-order valence-electron chi connectivity index (χ2n) is 9.23. The zero-order chi connectivity index (χ0) is 26.7. The molecule has 3 heterocycles. The lowest BCUT2D eigenvalue weighted by Crippen LogP contribution is -2.46. The van der Waals surface area contributed by atoms with E-state index < -0.39 is 52.4 Å². The van der Waals surface area contributed by atoms with Gasteiger partial charge in [-0.15, -0.1) is 0 Å². The highest BCUT2D eigenvalue weighted by Crippen LogP contribution is 2.53. The molecule has 3 amide bonds. The molecule has 0 unspecified atom stereocenters.